The topological polar surface area (TPSA) is 38.0 Å². The van der Waals surface area contributed by atoms with Crippen molar-refractivity contribution in [3.8, 4) is 0 Å². The van der Waals surface area contributed by atoms with Gasteiger partial charge < -0.3 is 5.43 Å². The zero-order chi connectivity index (χ0) is 8.97. The zero-order valence-electron chi connectivity index (χ0n) is 6.84. The van der Waals surface area contributed by atoms with E-state index in [9.17, 15) is 0 Å². The van der Waals surface area contributed by atoms with Crippen LogP contribution in [0.3, 0.4) is 0 Å². The molecule has 0 unspecified atom stereocenters. The summed E-state index contributed by atoms with van der Waals surface area (Å²) in [5.41, 5.74) is 4.49. The average molecular weight is 183 g/mol. The first-order valence-electron chi connectivity index (χ1n) is 3.63. The van der Waals surface area contributed by atoms with Gasteiger partial charge in [0.15, 0.2) is 0 Å². The van der Waals surface area contributed by atoms with Gasteiger partial charge in [-0.05, 0) is 24.1 Å². The van der Waals surface area contributed by atoms with E-state index in [-0.39, 0.29) is 0 Å². The van der Waals surface area contributed by atoms with Crippen LogP contribution in [-0.2, 0) is 0 Å². The third-order valence-electron chi connectivity index (χ3n) is 1.60. The van der Waals surface area contributed by atoms with Crippen LogP contribution >= 0.6 is 11.6 Å². The summed E-state index contributed by atoms with van der Waals surface area (Å²) < 4.78 is 0. The number of hydrogen-bond acceptors (Lipinski definition) is 2. The summed E-state index contributed by atoms with van der Waals surface area (Å²) in [6.45, 7) is 1.95. The monoisotopic (exact) mass is 182 g/mol. The Bertz CT molecular complexity index is 294. The van der Waals surface area contributed by atoms with E-state index in [0.717, 1.165) is 16.2 Å². The Hall–Kier alpha value is -0.990. The summed E-state index contributed by atoms with van der Waals surface area (Å²) in [6, 6.07) is 7.64. The molecule has 0 amide bonds. The molecule has 0 radical (unpaired) electrons. The molecule has 0 aromatic heterocycles. The Balaban J connectivity index is 3.02. The molecular formula is C9H11ClN2. The Morgan fingerprint density at radius 2 is 2.17 bits per heavy atom. The molecule has 0 heterocycles. The molecule has 12 heavy (non-hydrogen) atoms. The van der Waals surface area contributed by atoms with Crippen LogP contribution in [-0.4, -0.2) is 0 Å². The van der Waals surface area contributed by atoms with E-state index in [0.29, 0.717) is 0 Å². The number of hydrazine groups is 1. The highest BCUT2D eigenvalue weighted by Gasteiger charge is 1.99. The van der Waals surface area contributed by atoms with E-state index in [1.165, 1.54) is 0 Å². The Kier molecular flexibility index (Phi) is 3.14. The van der Waals surface area contributed by atoms with Crippen molar-refractivity contribution in [1.29, 1.82) is 0 Å². The molecule has 0 aliphatic rings. The second kappa shape index (κ2) is 4.14. The van der Waals surface area contributed by atoms with E-state index in [1.54, 1.807) is 6.20 Å². The number of halogens is 1. The predicted molar refractivity (Wildman–Crippen MR) is 52.4 cm³/mol. The molecule has 0 bridgehead atoms. The maximum atomic E-state index is 5.95. The van der Waals surface area contributed by atoms with Gasteiger partial charge in [0.05, 0.1) is 0 Å². The van der Waals surface area contributed by atoms with E-state index in [1.807, 2.05) is 31.2 Å². The van der Waals surface area contributed by atoms with Gasteiger partial charge in [-0.2, -0.15) is 0 Å². The standard InChI is InChI=1S/C9H11ClN2/c1-7(6-12-11)8-4-2-3-5-9(8)10/h2-6,12H,11H2,1H3. The first-order valence-corrected chi connectivity index (χ1v) is 4.01. The number of nitrogens with two attached hydrogens (primary N) is 1. The summed E-state index contributed by atoms with van der Waals surface area (Å²) >= 11 is 5.95. The highest BCUT2D eigenvalue weighted by Crippen LogP contribution is 2.21. The highest BCUT2D eigenvalue weighted by molar-refractivity contribution is 6.32. The van der Waals surface area contributed by atoms with Crippen molar-refractivity contribution in [3.05, 3.63) is 41.1 Å². The summed E-state index contributed by atoms with van der Waals surface area (Å²) in [4.78, 5) is 0. The highest BCUT2D eigenvalue weighted by atomic mass is 35.5. The van der Waals surface area contributed by atoms with Crippen molar-refractivity contribution >= 4 is 17.2 Å². The van der Waals surface area contributed by atoms with Gasteiger partial charge in [-0.25, -0.2) is 0 Å². The van der Waals surface area contributed by atoms with Crippen molar-refractivity contribution < 1.29 is 0 Å². The quantitative estimate of drug-likeness (QED) is 0.544. The van der Waals surface area contributed by atoms with Gasteiger partial charge in [0.1, 0.15) is 0 Å². The fourth-order valence-corrected chi connectivity index (χ4v) is 1.27. The fourth-order valence-electron chi connectivity index (χ4n) is 0.984. The maximum absolute atomic E-state index is 5.95. The second-order valence-electron chi connectivity index (χ2n) is 2.47. The molecule has 0 spiro atoms. The van der Waals surface area contributed by atoms with Gasteiger partial charge in [0.25, 0.3) is 0 Å². The van der Waals surface area contributed by atoms with Crippen LogP contribution in [0.5, 0.6) is 0 Å². The first kappa shape index (κ1) is 9.10. The van der Waals surface area contributed by atoms with Gasteiger partial charge in [-0.15, -0.1) is 0 Å². The number of benzene rings is 1. The lowest BCUT2D eigenvalue weighted by atomic mass is 10.1. The van der Waals surface area contributed by atoms with Crippen molar-refractivity contribution in [2.24, 2.45) is 5.84 Å². The molecule has 3 N–H and O–H groups in total. The minimum absolute atomic E-state index is 0.738. The fraction of sp³-hybridized carbons (Fsp3) is 0.111. The Morgan fingerprint density at radius 1 is 1.50 bits per heavy atom. The molecule has 0 aliphatic heterocycles. The zero-order valence-corrected chi connectivity index (χ0v) is 7.60. The molecule has 1 rings (SSSR count). The summed E-state index contributed by atoms with van der Waals surface area (Å²) in [7, 11) is 0. The smallest absolute Gasteiger partial charge is 0.0481 e. The van der Waals surface area contributed by atoms with Gasteiger partial charge in [0, 0.05) is 11.2 Å². The number of nitrogens with one attached hydrogen (secondary N) is 1. The van der Waals surface area contributed by atoms with Crippen LogP contribution < -0.4 is 11.3 Å². The van der Waals surface area contributed by atoms with Crippen molar-refractivity contribution in [1.82, 2.24) is 5.43 Å². The average Bonchev–Trinajstić information content (AvgIpc) is 2.05. The molecule has 0 aliphatic carbocycles. The molecular weight excluding hydrogens is 172 g/mol. The van der Waals surface area contributed by atoms with Crippen molar-refractivity contribution in [3.63, 3.8) is 0 Å². The SMILES string of the molecule is CC(=CNN)c1ccccc1Cl. The van der Waals surface area contributed by atoms with Crippen molar-refractivity contribution in [2.45, 2.75) is 6.92 Å². The lowest BCUT2D eigenvalue weighted by Crippen LogP contribution is -2.13. The van der Waals surface area contributed by atoms with E-state index in [4.69, 9.17) is 17.4 Å². The van der Waals surface area contributed by atoms with Crippen LogP contribution in [0.15, 0.2) is 30.5 Å². The van der Waals surface area contributed by atoms with Gasteiger partial charge in [-0.3, -0.25) is 5.84 Å². The van der Waals surface area contributed by atoms with E-state index >= 15 is 0 Å². The van der Waals surface area contributed by atoms with Crippen LogP contribution in [0.4, 0.5) is 0 Å². The second-order valence-corrected chi connectivity index (χ2v) is 2.88. The molecule has 0 saturated heterocycles. The minimum atomic E-state index is 0.738. The summed E-state index contributed by atoms with van der Waals surface area (Å²) in [5, 5.41) is 0.738. The van der Waals surface area contributed by atoms with Gasteiger partial charge >= 0.3 is 0 Å². The first-order chi connectivity index (χ1) is 5.75. The van der Waals surface area contributed by atoms with Crippen LogP contribution in [0.25, 0.3) is 5.57 Å². The van der Waals surface area contributed by atoms with Crippen LogP contribution in [0, 0.1) is 0 Å². The molecule has 1 aromatic rings. The van der Waals surface area contributed by atoms with Gasteiger partial charge in [-0.1, -0.05) is 29.8 Å². The molecule has 3 heteroatoms. The number of hydrogen-bond donors (Lipinski definition) is 2. The van der Waals surface area contributed by atoms with Crippen LogP contribution in [0.1, 0.15) is 12.5 Å². The van der Waals surface area contributed by atoms with E-state index in [2.05, 4.69) is 5.43 Å². The third-order valence-corrected chi connectivity index (χ3v) is 1.93. The number of rotatable bonds is 2. The van der Waals surface area contributed by atoms with Crippen LogP contribution in [0.2, 0.25) is 5.02 Å². The lowest BCUT2D eigenvalue weighted by molar-refractivity contribution is 0.968. The third kappa shape index (κ3) is 2.00. The molecule has 0 saturated carbocycles. The number of allylic oxidation sites excluding steroid dienone is 1. The van der Waals surface area contributed by atoms with E-state index < -0.39 is 0 Å². The molecule has 1 aromatic carbocycles. The Morgan fingerprint density at radius 3 is 2.75 bits per heavy atom. The summed E-state index contributed by atoms with van der Waals surface area (Å²) in [5.74, 6) is 5.15. The maximum Gasteiger partial charge on any atom is 0.0481 e. The molecule has 0 fully saturated rings. The normalized spacial score (nSPS) is 11.4. The largest absolute Gasteiger partial charge is 0.331 e. The van der Waals surface area contributed by atoms with Gasteiger partial charge in [0.2, 0.25) is 0 Å². The minimum Gasteiger partial charge on any atom is -0.331 e. The summed E-state index contributed by atoms with van der Waals surface area (Å²) in [6.07, 6.45) is 1.71. The predicted octanol–water partition coefficient (Wildman–Crippen LogP) is 2.16. The Labute approximate surface area is 77.0 Å². The molecule has 2 nitrogen and oxygen atoms in total. The molecule has 64 valence electrons. The van der Waals surface area contributed by atoms with Crippen molar-refractivity contribution in [2.75, 3.05) is 0 Å². The molecule has 0 atom stereocenters. The lowest BCUT2D eigenvalue weighted by Gasteiger charge is -2.03.